The molecule has 32 heavy (non-hydrogen) atoms. The molecular formula is C25H19N5OS. The van der Waals surface area contributed by atoms with Gasteiger partial charge in [-0.1, -0.05) is 65.9 Å². The van der Waals surface area contributed by atoms with Crippen LogP contribution in [0.1, 0.15) is 10.5 Å². The number of aromatic nitrogens is 3. The predicted octanol–water partition coefficient (Wildman–Crippen LogP) is 5.50. The Bertz CT molecular complexity index is 1380. The number of nitrogens with one attached hydrogen (secondary N) is 1. The molecule has 0 unspecified atom stereocenters. The number of nitrogens with two attached hydrogens (primary N) is 1. The summed E-state index contributed by atoms with van der Waals surface area (Å²) in [6, 6.07) is 27.5. The number of hydrogen-bond donors (Lipinski definition) is 2. The van der Waals surface area contributed by atoms with E-state index in [0.29, 0.717) is 11.4 Å². The summed E-state index contributed by atoms with van der Waals surface area (Å²) < 4.78 is 1.61. The molecule has 3 aromatic carbocycles. The molecule has 5 aromatic rings. The number of amides is 1. The van der Waals surface area contributed by atoms with Gasteiger partial charge in [-0.05, 0) is 40.8 Å². The maximum atomic E-state index is 12.9. The first kappa shape index (κ1) is 19.7. The number of nitrogen functional groups attached to an aromatic ring is 1. The lowest BCUT2D eigenvalue weighted by Gasteiger charge is -2.09. The van der Waals surface area contributed by atoms with Gasteiger partial charge >= 0.3 is 0 Å². The summed E-state index contributed by atoms with van der Waals surface area (Å²) >= 11 is 1.63. The molecular weight excluding hydrogens is 418 g/mol. The number of rotatable bonds is 5. The van der Waals surface area contributed by atoms with Crippen LogP contribution in [0, 0.1) is 0 Å². The Morgan fingerprint density at radius 2 is 1.72 bits per heavy atom. The molecule has 156 valence electrons. The van der Waals surface area contributed by atoms with Crippen LogP contribution in [0.15, 0.2) is 96.5 Å². The summed E-state index contributed by atoms with van der Waals surface area (Å²) in [4.78, 5) is 14.0. The average molecular weight is 438 g/mol. The quantitative estimate of drug-likeness (QED) is 0.356. The lowest BCUT2D eigenvalue weighted by Crippen LogP contribution is -2.13. The molecule has 0 saturated carbocycles. The largest absolute Gasteiger partial charge is 0.397 e. The van der Waals surface area contributed by atoms with Crippen LogP contribution >= 0.6 is 11.3 Å². The van der Waals surface area contributed by atoms with Gasteiger partial charge < -0.3 is 11.1 Å². The highest BCUT2D eigenvalue weighted by atomic mass is 32.1. The minimum atomic E-state index is -0.372. The first-order valence-corrected chi connectivity index (χ1v) is 10.9. The van der Waals surface area contributed by atoms with Crippen molar-refractivity contribution in [2.24, 2.45) is 0 Å². The molecule has 1 amide bonds. The van der Waals surface area contributed by atoms with Crippen LogP contribution in [0.25, 0.3) is 27.3 Å². The van der Waals surface area contributed by atoms with Gasteiger partial charge in [0, 0.05) is 10.4 Å². The normalized spacial score (nSPS) is 10.8. The van der Waals surface area contributed by atoms with E-state index in [-0.39, 0.29) is 11.6 Å². The number of nitrogens with zero attached hydrogens (tertiary/aromatic N) is 3. The van der Waals surface area contributed by atoms with Crippen LogP contribution < -0.4 is 11.1 Å². The van der Waals surface area contributed by atoms with Gasteiger partial charge in [-0.3, -0.25) is 4.79 Å². The van der Waals surface area contributed by atoms with Crippen molar-refractivity contribution in [2.75, 3.05) is 11.1 Å². The van der Waals surface area contributed by atoms with Crippen molar-refractivity contribution in [3.8, 4) is 27.3 Å². The van der Waals surface area contributed by atoms with Gasteiger partial charge in [-0.2, -0.15) is 0 Å². The number of benzene rings is 3. The van der Waals surface area contributed by atoms with E-state index in [2.05, 4.69) is 15.6 Å². The van der Waals surface area contributed by atoms with Crippen molar-refractivity contribution < 1.29 is 4.79 Å². The first-order valence-electron chi connectivity index (χ1n) is 10.0. The minimum absolute atomic E-state index is 0.203. The highest BCUT2D eigenvalue weighted by Gasteiger charge is 2.15. The van der Waals surface area contributed by atoms with E-state index in [0.717, 1.165) is 27.3 Å². The van der Waals surface area contributed by atoms with Crippen LogP contribution in [0.5, 0.6) is 0 Å². The fourth-order valence-electron chi connectivity index (χ4n) is 3.47. The molecule has 6 nitrogen and oxygen atoms in total. The Kier molecular flexibility index (Phi) is 5.23. The number of para-hydroxylation sites is 1. The first-order chi connectivity index (χ1) is 15.7. The summed E-state index contributed by atoms with van der Waals surface area (Å²) in [6.45, 7) is 0. The van der Waals surface area contributed by atoms with Crippen molar-refractivity contribution in [2.45, 2.75) is 0 Å². The molecule has 0 saturated heterocycles. The molecule has 7 heteroatoms. The van der Waals surface area contributed by atoms with Crippen LogP contribution in [0.2, 0.25) is 0 Å². The summed E-state index contributed by atoms with van der Waals surface area (Å²) in [5.74, 6) is -0.372. The standard InChI is InChI=1S/C25H19N5OS/c26-20-13-12-18(24-11-6-14-32-24)15-21(20)27-25(31)22-16-30(29-28-22)23-10-5-4-9-19(23)17-7-2-1-3-8-17/h1-16H,26H2,(H,27,31). The molecule has 2 aromatic heterocycles. The number of carbonyl (C=O) groups excluding carboxylic acids is 1. The van der Waals surface area contributed by atoms with E-state index in [1.54, 1.807) is 28.3 Å². The molecule has 0 bridgehead atoms. The van der Waals surface area contributed by atoms with Gasteiger partial charge in [0.05, 0.1) is 23.3 Å². The highest BCUT2D eigenvalue weighted by Crippen LogP contribution is 2.30. The van der Waals surface area contributed by atoms with Gasteiger partial charge in [0.1, 0.15) is 0 Å². The summed E-state index contributed by atoms with van der Waals surface area (Å²) in [6.07, 6.45) is 1.62. The molecule has 0 aliphatic rings. The van der Waals surface area contributed by atoms with Gasteiger partial charge in [0.2, 0.25) is 0 Å². The monoisotopic (exact) mass is 437 g/mol. The molecule has 2 heterocycles. The summed E-state index contributed by atoms with van der Waals surface area (Å²) in [5.41, 5.74) is 11.2. The average Bonchev–Trinajstić information content (AvgIpc) is 3.54. The highest BCUT2D eigenvalue weighted by molar-refractivity contribution is 7.13. The van der Waals surface area contributed by atoms with Crippen LogP contribution in [-0.4, -0.2) is 20.9 Å². The molecule has 5 rings (SSSR count). The maximum absolute atomic E-state index is 12.9. The van der Waals surface area contributed by atoms with Crippen molar-refractivity contribution in [1.82, 2.24) is 15.0 Å². The van der Waals surface area contributed by atoms with E-state index in [1.807, 2.05) is 84.2 Å². The van der Waals surface area contributed by atoms with E-state index < -0.39 is 0 Å². The third-order valence-electron chi connectivity index (χ3n) is 5.07. The Morgan fingerprint density at radius 3 is 2.53 bits per heavy atom. The van der Waals surface area contributed by atoms with Gasteiger partial charge in [0.25, 0.3) is 5.91 Å². The lowest BCUT2D eigenvalue weighted by molar-refractivity contribution is 0.102. The topological polar surface area (TPSA) is 85.8 Å². The van der Waals surface area contributed by atoms with Gasteiger partial charge in [-0.25, -0.2) is 4.68 Å². The minimum Gasteiger partial charge on any atom is -0.397 e. The zero-order valence-corrected chi connectivity index (χ0v) is 17.8. The number of carbonyl (C=O) groups is 1. The molecule has 0 aliphatic heterocycles. The van der Waals surface area contributed by atoms with E-state index in [9.17, 15) is 4.79 Å². The molecule has 0 radical (unpaired) electrons. The summed E-state index contributed by atoms with van der Waals surface area (Å²) in [5, 5.41) is 13.2. The zero-order valence-electron chi connectivity index (χ0n) is 17.0. The second-order valence-electron chi connectivity index (χ2n) is 7.16. The SMILES string of the molecule is Nc1ccc(-c2cccs2)cc1NC(=O)c1cn(-c2ccccc2-c2ccccc2)nn1. The third-order valence-corrected chi connectivity index (χ3v) is 5.99. The fraction of sp³-hybridized carbons (Fsp3) is 0. The number of thiophene rings is 1. The van der Waals surface area contributed by atoms with Crippen molar-refractivity contribution in [3.63, 3.8) is 0 Å². The van der Waals surface area contributed by atoms with Gasteiger partial charge in [0.15, 0.2) is 5.69 Å². The van der Waals surface area contributed by atoms with Crippen molar-refractivity contribution in [1.29, 1.82) is 0 Å². The van der Waals surface area contributed by atoms with Crippen LogP contribution in [0.4, 0.5) is 11.4 Å². The van der Waals surface area contributed by atoms with Crippen LogP contribution in [-0.2, 0) is 0 Å². The molecule has 0 atom stereocenters. The fourth-order valence-corrected chi connectivity index (χ4v) is 4.19. The second-order valence-corrected chi connectivity index (χ2v) is 8.11. The van der Waals surface area contributed by atoms with Crippen molar-refractivity contribution >= 4 is 28.6 Å². The smallest absolute Gasteiger partial charge is 0.277 e. The molecule has 3 N–H and O–H groups in total. The maximum Gasteiger partial charge on any atom is 0.277 e. The molecule has 0 aliphatic carbocycles. The third kappa shape index (κ3) is 3.89. The Labute approximate surface area is 189 Å². The Balaban J connectivity index is 1.42. The lowest BCUT2D eigenvalue weighted by atomic mass is 10.0. The molecule has 0 fully saturated rings. The predicted molar refractivity (Wildman–Crippen MR) is 129 cm³/mol. The number of anilines is 2. The zero-order chi connectivity index (χ0) is 21.9. The van der Waals surface area contributed by atoms with Gasteiger partial charge in [-0.15, -0.1) is 16.4 Å². The van der Waals surface area contributed by atoms with Crippen LogP contribution in [0.3, 0.4) is 0 Å². The number of hydrogen-bond acceptors (Lipinski definition) is 5. The molecule has 0 spiro atoms. The second kappa shape index (κ2) is 8.49. The Morgan fingerprint density at radius 1 is 0.906 bits per heavy atom. The van der Waals surface area contributed by atoms with E-state index in [1.165, 1.54) is 0 Å². The van der Waals surface area contributed by atoms with E-state index in [4.69, 9.17) is 5.73 Å². The van der Waals surface area contributed by atoms with Crippen molar-refractivity contribution in [3.05, 3.63) is 102 Å². The summed E-state index contributed by atoms with van der Waals surface area (Å²) in [7, 11) is 0. The Hall–Kier alpha value is -4.23. The van der Waals surface area contributed by atoms with E-state index >= 15 is 0 Å².